The number of carbonyl (C=O) groups is 1. The van der Waals surface area contributed by atoms with Gasteiger partial charge >= 0.3 is 11.8 Å². The van der Waals surface area contributed by atoms with E-state index in [-0.39, 0.29) is 23.0 Å². The third-order valence-electron chi connectivity index (χ3n) is 6.06. The van der Waals surface area contributed by atoms with Crippen LogP contribution in [0.25, 0.3) is 11.3 Å². The molecule has 0 aliphatic heterocycles. The maximum atomic E-state index is 14.4. The highest BCUT2D eigenvalue weighted by Gasteiger charge is 2.71. The zero-order chi connectivity index (χ0) is 22.7. The number of carbonyl (C=O) groups excluding carboxylic acids is 1. The van der Waals surface area contributed by atoms with Gasteiger partial charge in [0.05, 0.1) is 0 Å². The molecule has 0 unspecified atom stereocenters. The normalized spacial score (nSPS) is 22.0. The predicted octanol–water partition coefficient (Wildman–Crippen LogP) is 5.39. The summed E-state index contributed by atoms with van der Waals surface area (Å²) in [6, 6.07) is 1.05. The van der Waals surface area contributed by atoms with Crippen molar-refractivity contribution >= 4 is 11.7 Å². The number of benzene rings is 1. The van der Waals surface area contributed by atoms with E-state index in [9.17, 15) is 35.5 Å². The van der Waals surface area contributed by atoms with Gasteiger partial charge < -0.3 is 5.32 Å². The minimum Gasteiger partial charge on any atom is -0.311 e. The third-order valence-corrected chi connectivity index (χ3v) is 6.06. The lowest BCUT2D eigenvalue weighted by Gasteiger charge is -2.43. The van der Waals surface area contributed by atoms with E-state index in [1.807, 2.05) is 0 Å². The Balaban J connectivity index is 1.65. The molecule has 1 N–H and O–H groups in total. The first-order valence-corrected chi connectivity index (χ1v) is 9.69. The molecule has 0 spiro atoms. The number of rotatable bonds is 5. The molecular weight excluding hydrogens is 431 g/mol. The highest BCUT2D eigenvalue weighted by molar-refractivity contribution is 5.92. The summed E-state index contributed by atoms with van der Waals surface area (Å²) >= 11 is 0. The average molecular weight is 449 g/mol. The molecule has 1 aromatic heterocycles. The summed E-state index contributed by atoms with van der Waals surface area (Å²) in [6.45, 7) is 0. The van der Waals surface area contributed by atoms with Gasteiger partial charge in [-0.2, -0.15) is 22.7 Å². The van der Waals surface area contributed by atoms with Crippen LogP contribution >= 0.6 is 0 Å². The molecule has 31 heavy (non-hydrogen) atoms. The zero-order valence-electron chi connectivity index (χ0n) is 16.3. The van der Waals surface area contributed by atoms with Crippen LogP contribution in [0, 0.1) is 23.4 Å². The van der Waals surface area contributed by atoms with Gasteiger partial charge in [-0.3, -0.25) is 9.48 Å². The molecular formula is C20H18F7N3O. The fraction of sp³-hybridized carbons (Fsp3) is 0.500. The predicted molar refractivity (Wildman–Crippen MR) is 96.4 cm³/mol. The fourth-order valence-corrected chi connectivity index (χ4v) is 4.02. The van der Waals surface area contributed by atoms with Gasteiger partial charge in [0.15, 0.2) is 11.6 Å². The van der Waals surface area contributed by atoms with Gasteiger partial charge in [-0.15, -0.1) is 0 Å². The van der Waals surface area contributed by atoms with Crippen LogP contribution in [0.15, 0.2) is 12.1 Å². The Labute approximate surface area is 172 Å². The van der Waals surface area contributed by atoms with Crippen molar-refractivity contribution in [1.29, 1.82) is 0 Å². The van der Waals surface area contributed by atoms with E-state index in [0.29, 0.717) is 30.5 Å². The van der Waals surface area contributed by atoms with Gasteiger partial charge in [0.2, 0.25) is 5.91 Å². The first kappa shape index (κ1) is 21.6. The molecule has 2 aromatic rings. The minimum atomic E-state index is -4.27. The monoisotopic (exact) mass is 449 g/mol. The number of aromatic nitrogens is 2. The molecule has 1 amide bonds. The van der Waals surface area contributed by atoms with E-state index in [1.165, 1.54) is 11.7 Å². The Morgan fingerprint density at radius 3 is 2.32 bits per heavy atom. The van der Waals surface area contributed by atoms with Crippen molar-refractivity contribution in [2.75, 3.05) is 5.32 Å². The Kier molecular flexibility index (Phi) is 5.05. The van der Waals surface area contributed by atoms with Crippen LogP contribution in [-0.4, -0.2) is 27.5 Å². The minimum absolute atomic E-state index is 0.000549. The lowest BCUT2D eigenvalue weighted by atomic mass is 9.74. The summed E-state index contributed by atoms with van der Waals surface area (Å²) in [5, 5.41) is 6.56. The topological polar surface area (TPSA) is 46.9 Å². The second-order valence-electron chi connectivity index (χ2n) is 8.09. The number of alkyl halides is 4. The van der Waals surface area contributed by atoms with Crippen molar-refractivity contribution < 1.29 is 35.5 Å². The van der Waals surface area contributed by atoms with Crippen molar-refractivity contribution in [3.8, 4) is 11.3 Å². The molecule has 2 aliphatic carbocycles. The number of nitrogens with one attached hydrogen (secondary N) is 1. The quantitative estimate of drug-likeness (QED) is 0.492. The summed E-state index contributed by atoms with van der Waals surface area (Å²) in [5.74, 6) is -14.9. The number of halogens is 7. The zero-order valence-corrected chi connectivity index (χ0v) is 16.3. The number of aryl methyl sites for hydroxylation is 1. The molecule has 0 bridgehead atoms. The van der Waals surface area contributed by atoms with Crippen LogP contribution in [0.3, 0.4) is 0 Å². The first-order chi connectivity index (χ1) is 14.4. The lowest BCUT2D eigenvalue weighted by molar-refractivity contribution is -0.313. The second-order valence-corrected chi connectivity index (χ2v) is 8.09. The number of anilines is 1. The first-order valence-electron chi connectivity index (χ1n) is 9.69. The Morgan fingerprint density at radius 2 is 1.77 bits per heavy atom. The highest BCUT2D eigenvalue weighted by atomic mass is 19.3. The van der Waals surface area contributed by atoms with Crippen molar-refractivity contribution in [2.24, 2.45) is 13.0 Å². The van der Waals surface area contributed by atoms with Gasteiger partial charge in [-0.05, 0) is 24.8 Å². The Bertz CT molecular complexity index is 1050. The molecule has 0 radical (unpaired) electrons. The maximum absolute atomic E-state index is 14.4. The van der Waals surface area contributed by atoms with Gasteiger partial charge in [-0.25, -0.2) is 13.2 Å². The largest absolute Gasteiger partial charge is 0.313 e. The number of hydrogen-bond acceptors (Lipinski definition) is 2. The van der Waals surface area contributed by atoms with E-state index in [0.717, 1.165) is 6.42 Å². The van der Waals surface area contributed by atoms with Crippen molar-refractivity contribution in [1.82, 2.24) is 9.78 Å². The standard InChI is InChI=1S/C20H18F7N3O/c1-30-18(28-15(31)5-10-8-19(24,25)20(10,26)27)16(9-3-2-4-9)17(29-30)11-6-13(22)14(23)7-12(11)21/h6-7,9-10H,2-5,8H2,1H3,(H,28,31)/t10-/m1/s1. The molecule has 1 heterocycles. The Hall–Kier alpha value is -2.59. The number of hydrogen-bond donors (Lipinski definition) is 1. The van der Waals surface area contributed by atoms with Crippen molar-refractivity contribution in [3.63, 3.8) is 0 Å². The van der Waals surface area contributed by atoms with Crippen molar-refractivity contribution in [2.45, 2.75) is 49.9 Å². The molecule has 4 nitrogen and oxygen atoms in total. The van der Waals surface area contributed by atoms with Gasteiger partial charge in [0.25, 0.3) is 0 Å². The summed E-state index contributed by atoms with van der Waals surface area (Å²) in [6.07, 6.45) is 0.252. The molecule has 1 atom stereocenters. The summed E-state index contributed by atoms with van der Waals surface area (Å²) in [4.78, 5) is 12.3. The number of nitrogens with zero attached hydrogens (tertiary/aromatic N) is 2. The van der Waals surface area contributed by atoms with E-state index < -0.39 is 54.0 Å². The Morgan fingerprint density at radius 1 is 1.13 bits per heavy atom. The van der Waals surface area contributed by atoms with E-state index in [4.69, 9.17) is 0 Å². The lowest BCUT2D eigenvalue weighted by Crippen LogP contribution is -2.59. The van der Waals surface area contributed by atoms with E-state index >= 15 is 0 Å². The van der Waals surface area contributed by atoms with Crippen LogP contribution < -0.4 is 5.32 Å². The fourth-order valence-electron chi connectivity index (χ4n) is 4.02. The summed E-state index contributed by atoms with van der Waals surface area (Å²) in [5.41, 5.74) is 0.0687. The second kappa shape index (κ2) is 7.23. The van der Waals surface area contributed by atoms with Crippen LogP contribution in [-0.2, 0) is 11.8 Å². The summed E-state index contributed by atoms with van der Waals surface area (Å²) in [7, 11) is 1.41. The van der Waals surface area contributed by atoms with Gasteiger partial charge in [0.1, 0.15) is 17.3 Å². The van der Waals surface area contributed by atoms with Crippen LogP contribution in [0.4, 0.5) is 36.6 Å². The molecule has 2 aliphatic rings. The SMILES string of the molecule is Cn1nc(-c2cc(F)c(F)cc2F)c(C2CCC2)c1NC(=O)C[C@@H]1CC(F)(F)C1(F)F. The average Bonchev–Trinajstić information content (AvgIpc) is 2.92. The van der Waals surface area contributed by atoms with E-state index in [2.05, 4.69) is 10.4 Å². The maximum Gasteiger partial charge on any atom is 0.313 e. The highest BCUT2D eigenvalue weighted by Crippen LogP contribution is 2.56. The third kappa shape index (κ3) is 3.47. The molecule has 168 valence electrons. The number of amides is 1. The molecule has 2 fully saturated rings. The molecule has 1 aromatic carbocycles. The van der Waals surface area contributed by atoms with Crippen LogP contribution in [0.2, 0.25) is 0 Å². The molecule has 0 saturated heterocycles. The van der Waals surface area contributed by atoms with E-state index in [1.54, 1.807) is 0 Å². The smallest absolute Gasteiger partial charge is 0.311 e. The van der Waals surface area contributed by atoms with Crippen LogP contribution in [0.5, 0.6) is 0 Å². The molecule has 11 heteroatoms. The molecule has 2 saturated carbocycles. The molecule has 4 rings (SSSR count). The van der Waals surface area contributed by atoms with Crippen LogP contribution in [0.1, 0.15) is 43.6 Å². The van der Waals surface area contributed by atoms with Gasteiger partial charge in [-0.1, -0.05) is 6.42 Å². The van der Waals surface area contributed by atoms with Gasteiger partial charge in [0, 0.05) is 43.0 Å². The van der Waals surface area contributed by atoms with Crippen molar-refractivity contribution in [3.05, 3.63) is 35.1 Å². The summed E-state index contributed by atoms with van der Waals surface area (Å²) < 4.78 is 95.7.